The molecule has 0 aliphatic heterocycles. The number of amides is 2. The molecular weight excluding hydrogens is 313 g/mol. The van der Waals surface area contributed by atoms with E-state index in [0.29, 0.717) is 22.4 Å². The summed E-state index contributed by atoms with van der Waals surface area (Å²) in [6.45, 7) is 3.60. The van der Waals surface area contributed by atoms with Gasteiger partial charge in [0.05, 0.1) is 24.1 Å². The van der Waals surface area contributed by atoms with Crippen LogP contribution in [0.4, 0.5) is 20.8 Å². The van der Waals surface area contributed by atoms with E-state index in [4.69, 9.17) is 10.2 Å². The van der Waals surface area contributed by atoms with E-state index in [1.807, 2.05) is 6.92 Å². The number of fused-ring (bicyclic) bond motifs is 1. The average Bonchev–Trinajstić information content (AvgIpc) is 2.86. The van der Waals surface area contributed by atoms with Gasteiger partial charge in [0, 0.05) is 10.9 Å². The molecule has 0 aliphatic rings. The highest BCUT2D eigenvalue weighted by Crippen LogP contribution is 2.29. The molecule has 0 aliphatic carbocycles. The number of furan rings is 1. The number of nitrogens with one attached hydrogen (secondary N) is 2. The number of benzene rings is 1. The van der Waals surface area contributed by atoms with Crippen molar-refractivity contribution in [3.8, 4) is 0 Å². The number of carbonyl (C=O) groups excluding carboxylic acids is 1. The fourth-order valence-corrected chi connectivity index (χ4v) is 2.46. The highest BCUT2D eigenvalue weighted by atomic mass is 19.1. The van der Waals surface area contributed by atoms with Gasteiger partial charge in [-0.1, -0.05) is 0 Å². The number of aryl methyl sites for hydroxylation is 1. The lowest BCUT2D eigenvalue weighted by molar-refractivity contribution is 0.248. The summed E-state index contributed by atoms with van der Waals surface area (Å²) in [5.74, 6) is 0.360. The van der Waals surface area contributed by atoms with E-state index in [1.54, 1.807) is 13.0 Å². The molecule has 2 heterocycles. The molecular formula is C16H16FN5O2. The normalized spacial score (nSPS) is 12.1. The van der Waals surface area contributed by atoms with Crippen LogP contribution < -0.4 is 16.4 Å². The number of nitrogen functional groups attached to an aromatic ring is 1. The van der Waals surface area contributed by atoms with Gasteiger partial charge in [-0.15, -0.1) is 0 Å². The molecule has 24 heavy (non-hydrogen) atoms. The summed E-state index contributed by atoms with van der Waals surface area (Å²) in [4.78, 5) is 19.6. The lowest BCUT2D eigenvalue weighted by atomic mass is 10.1. The number of rotatable bonds is 3. The monoisotopic (exact) mass is 329 g/mol. The molecule has 2 amide bonds. The van der Waals surface area contributed by atoms with Crippen LogP contribution in [0.1, 0.15) is 24.3 Å². The number of halogens is 1. The maximum absolute atomic E-state index is 13.4. The quantitative estimate of drug-likeness (QED) is 0.684. The fourth-order valence-electron chi connectivity index (χ4n) is 2.46. The second-order valence-corrected chi connectivity index (χ2v) is 5.38. The van der Waals surface area contributed by atoms with Gasteiger partial charge in [-0.2, -0.15) is 0 Å². The molecule has 0 unspecified atom stereocenters. The number of nitrogens with two attached hydrogens (primary N) is 1. The lowest BCUT2D eigenvalue weighted by Gasteiger charge is -2.13. The standard InChI is InChI=1S/C16H16FN5O2/c1-8-12-5-10(17)3-4-13(12)24-14(8)9(2)21-16(23)22-11-6-19-15(18)20-7-11/h3-7,9H,1-2H3,(H2,18,19,20)(H2,21,22,23)/t9-/m0/s1. The fraction of sp³-hybridized carbons (Fsp3) is 0.188. The maximum atomic E-state index is 13.4. The van der Waals surface area contributed by atoms with Gasteiger partial charge < -0.3 is 20.8 Å². The second-order valence-electron chi connectivity index (χ2n) is 5.38. The molecule has 0 saturated carbocycles. The number of hydrogen-bond acceptors (Lipinski definition) is 5. The predicted octanol–water partition coefficient (Wildman–Crippen LogP) is 3.14. The largest absolute Gasteiger partial charge is 0.459 e. The topological polar surface area (TPSA) is 106 Å². The van der Waals surface area contributed by atoms with Crippen LogP contribution in [-0.2, 0) is 0 Å². The Hall–Kier alpha value is -3.16. The van der Waals surface area contributed by atoms with Crippen molar-refractivity contribution < 1.29 is 13.6 Å². The van der Waals surface area contributed by atoms with Gasteiger partial charge in [0.2, 0.25) is 5.95 Å². The lowest BCUT2D eigenvalue weighted by Crippen LogP contribution is -2.31. The zero-order valence-electron chi connectivity index (χ0n) is 13.1. The summed E-state index contributed by atoms with van der Waals surface area (Å²) in [6.07, 6.45) is 2.81. The van der Waals surface area contributed by atoms with E-state index in [9.17, 15) is 9.18 Å². The van der Waals surface area contributed by atoms with Gasteiger partial charge in [-0.05, 0) is 32.0 Å². The van der Waals surface area contributed by atoms with Gasteiger partial charge >= 0.3 is 6.03 Å². The molecule has 124 valence electrons. The Kier molecular flexibility index (Phi) is 4.03. The highest BCUT2D eigenvalue weighted by Gasteiger charge is 2.19. The van der Waals surface area contributed by atoms with Crippen LogP contribution in [0.2, 0.25) is 0 Å². The molecule has 0 spiro atoms. The van der Waals surface area contributed by atoms with Crippen LogP contribution in [-0.4, -0.2) is 16.0 Å². The van der Waals surface area contributed by atoms with Crippen molar-refractivity contribution in [2.45, 2.75) is 19.9 Å². The Morgan fingerprint density at radius 2 is 2.04 bits per heavy atom. The van der Waals surface area contributed by atoms with Crippen molar-refractivity contribution in [1.29, 1.82) is 0 Å². The van der Waals surface area contributed by atoms with Crippen molar-refractivity contribution in [3.05, 3.63) is 47.7 Å². The van der Waals surface area contributed by atoms with E-state index >= 15 is 0 Å². The molecule has 8 heteroatoms. The average molecular weight is 329 g/mol. The first-order valence-corrected chi connectivity index (χ1v) is 7.27. The summed E-state index contributed by atoms with van der Waals surface area (Å²) < 4.78 is 19.1. The van der Waals surface area contributed by atoms with Gasteiger partial charge in [-0.25, -0.2) is 19.2 Å². The number of urea groups is 1. The van der Waals surface area contributed by atoms with E-state index in [1.165, 1.54) is 24.5 Å². The number of anilines is 2. The number of nitrogens with zero attached hydrogens (tertiary/aromatic N) is 2. The number of carbonyl (C=O) groups is 1. The van der Waals surface area contributed by atoms with Crippen LogP contribution >= 0.6 is 0 Å². The number of hydrogen-bond donors (Lipinski definition) is 3. The van der Waals surface area contributed by atoms with Crippen LogP contribution in [0.3, 0.4) is 0 Å². The van der Waals surface area contributed by atoms with Crippen molar-refractivity contribution in [1.82, 2.24) is 15.3 Å². The molecule has 0 bridgehead atoms. The van der Waals surface area contributed by atoms with E-state index in [-0.39, 0.29) is 11.8 Å². The minimum atomic E-state index is -0.443. The molecule has 0 saturated heterocycles. The van der Waals surface area contributed by atoms with Gasteiger partial charge in [0.25, 0.3) is 0 Å². The van der Waals surface area contributed by atoms with Gasteiger partial charge in [0.1, 0.15) is 17.2 Å². The Labute approximate surface area is 137 Å². The Bertz CT molecular complexity index is 891. The van der Waals surface area contributed by atoms with Crippen molar-refractivity contribution in [3.63, 3.8) is 0 Å². The first-order valence-electron chi connectivity index (χ1n) is 7.27. The van der Waals surface area contributed by atoms with E-state index < -0.39 is 12.1 Å². The third kappa shape index (κ3) is 3.12. The molecule has 3 rings (SSSR count). The zero-order chi connectivity index (χ0) is 17.3. The van der Waals surface area contributed by atoms with Crippen molar-refractivity contribution in [2.75, 3.05) is 11.1 Å². The summed E-state index contributed by atoms with van der Waals surface area (Å²) in [5.41, 5.74) is 7.16. The highest BCUT2D eigenvalue weighted by molar-refractivity contribution is 5.89. The molecule has 2 aromatic heterocycles. The van der Waals surface area contributed by atoms with Crippen LogP contribution in [0.15, 0.2) is 35.0 Å². The summed E-state index contributed by atoms with van der Waals surface area (Å²) >= 11 is 0. The minimum absolute atomic E-state index is 0.124. The van der Waals surface area contributed by atoms with Crippen LogP contribution in [0, 0.1) is 12.7 Å². The first-order chi connectivity index (χ1) is 11.4. The first kappa shape index (κ1) is 15.7. The van der Waals surface area contributed by atoms with Crippen molar-refractivity contribution in [2.24, 2.45) is 0 Å². The van der Waals surface area contributed by atoms with Gasteiger partial charge in [0.15, 0.2) is 0 Å². The minimum Gasteiger partial charge on any atom is -0.459 e. The van der Waals surface area contributed by atoms with Crippen LogP contribution in [0.25, 0.3) is 11.0 Å². The SMILES string of the molecule is Cc1c([C@H](C)NC(=O)Nc2cnc(N)nc2)oc2ccc(F)cc12. The van der Waals surface area contributed by atoms with Crippen LogP contribution in [0.5, 0.6) is 0 Å². The maximum Gasteiger partial charge on any atom is 0.319 e. The molecule has 1 aromatic carbocycles. The van der Waals surface area contributed by atoms with Crippen molar-refractivity contribution >= 4 is 28.6 Å². The predicted molar refractivity (Wildman–Crippen MR) is 87.9 cm³/mol. The Balaban J connectivity index is 1.74. The summed E-state index contributed by atoms with van der Waals surface area (Å²) in [7, 11) is 0. The molecule has 1 atom stereocenters. The number of aromatic nitrogens is 2. The summed E-state index contributed by atoms with van der Waals surface area (Å²) in [5, 5.41) is 6.04. The summed E-state index contributed by atoms with van der Waals surface area (Å²) in [6, 6.07) is 3.47. The zero-order valence-corrected chi connectivity index (χ0v) is 13.1. The smallest absolute Gasteiger partial charge is 0.319 e. The van der Waals surface area contributed by atoms with E-state index in [0.717, 1.165) is 5.56 Å². The Morgan fingerprint density at radius 1 is 1.33 bits per heavy atom. The Morgan fingerprint density at radius 3 is 2.75 bits per heavy atom. The molecule has 3 aromatic rings. The van der Waals surface area contributed by atoms with E-state index in [2.05, 4.69) is 20.6 Å². The third-order valence-corrected chi connectivity index (χ3v) is 3.61. The molecule has 7 nitrogen and oxygen atoms in total. The third-order valence-electron chi connectivity index (χ3n) is 3.61. The second kappa shape index (κ2) is 6.15. The van der Waals surface area contributed by atoms with Gasteiger partial charge in [-0.3, -0.25) is 0 Å². The molecule has 0 fully saturated rings. The molecule has 4 N–H and O–H groups in total. The molecule has 0 radical (unpaired) electrons.